The first-order valence-electron chi connectivity index (χ1n) is 6.52. The van der Waals surface area contributed by atoms with E-state index in [1.807, 2.05) is 6.92 Å². The topological polar surface area (TPSA) is 92.5 Å². The maximum absolute atomic E-state index is 12.2. The van der Waals surface area contributed by atoms with E-state index in [0.29, 0.717) is 13.0 Å². The SMILES string of the molecule is CC1CCN(C(=O)Cn2cccnc2=O)C(C(=O)O)C1. The van der Waals surface area contributed by atoms with Gasteiger partial charge >= 0.3 is 11.7 Å². The van der Waals surface area contributed by atoms with Gasteiger partial charge in [0, 0.05) is 18.9 Å². The zero-order chi connectivity index (χ0) is 14.7. The Morgan fingerprint density at radius 3 is 2.90 bits per heavy atom. The fourth-order valence-electron chi connectivity index (χ4n) is 2.42. The lowest BCUT2D eigenvalue weighted by Gasteiger charge is -2.36. The molecule has 1 N–H and O–H groups in total. The summed E-state index contributed by atoms with van der Waals surface area (Å²) in [6.45, 7) is 2.21. The van der Waals surface area contributed by atoms with Gasteiger partial charge in [-0.25, -0.2) is 14.6 Å². The largest absolute Gasteiger partial charge is 0.480 e. The molecule has 7 heteroatoms. The molecule has 0 radical (unpaired) electrons. The molecule has 0 bridgehead atoms. The van der Waals surface area contributed by atoms with Crippen molar-refractivity contribution < 1.29 is 14.7 Å². The molecule has 1 aromatic rings. The Morgan fingerprint density at radius 1 is 1.50 bits per heavy atom. The molecule has 0 saturated carbocycles. The fourth-order valence-corrected chi connectivity index (χ4v) is 2.42. The van der Waals surface area contributed by atoms with E-state index in [1.165, 1.54) is 21.9 Å². The van der Waals surface area contributed by atoms with E-state index in [2.05, 4.69) is 4.98 Å². The van der Waals surface area contributed by atoms with Gasteiger partial charge in [0.05, 0.1) is 0 Å². The highest BCUT2D eigenvalue weighted by molar-refractivity contribution is 5.83. The normalized spacial score (nSPS) is 22.6. The Labute approximate surface area is 115 Å². The van der Waals surface area contributed by atoms with Crippen LogP contribution in [0.1, 0.15) is 19.8 Å². The van der Waals surface area contributed by atoms with Crippen LogP contribution < -0.4 is 5.69 Å². The van der Waals surface area contributed by atoms with Gasteiger partial charge in [-0.1, -0.05) is 6.92 Å². The second-order valence-corrected chi connectivity index (χ2v) is 5.10. The zero-order valence-electron chi connectivity index (χ0n) is 11.2. The number of carboxylic acids is 1. The van der Waals surface area contributed by atoms with Crippen LogP contribution in [0.15, 0.2) is 23.3 Å². The molecule has 1 aromatic heterocycles. The summed E-state index contributed by atoms with van der Waals surface area (Å²) >= 11 is 0. The summed E-state index contributed by atoms with van der Waals surface area (Å²) in [5.74, 6) is -1.08. The van der Waals surface area contributed by atoms with E-state index >= 15 is 0 Å². The van der Waals surface area contributed by atoms with Gasteiger partial charge in [0.2, 0.25) is 5.91 Å². The molecule has 0 aromatic carbocycles. The molecule has 1 aliphatic rings. The first-order chi connectivity index (χ1) is 9.49. The molecule has 2 rings (SSSR count). The second-order valence-electron chi connectivity index (χ2n) is 5.10. The number of piperidine rings is 1. The monoisotopic (exact) mass is 279 g/mol. The molecule has 2 atom stereocenters. The second kappa shape index (κ2) is 5.85. The molecule has 1 amide bonds. The first kappa shape index (κ1) is 14.2. The molecule has 1 fully saturated rings. The van der Waals surface area contributed by atoms with Crippen LogP contribution in [0.4, 0.5) is 0 Å². The van der Waals surface area contributed by atoms with Crippen molar-refractivity contribution >= 4 is 11.9 Å². The first-order valence-corrected chi connectivity index (χ1v) is 6.52. The van der Waals surface area contributed by atoms with Crippen molar-refractivity contribution in [3.05, 3.63) is 28.9 Å². The molecular formula is C13H17N3O4. The van der Waals surface area contributed by atoms with Crippen LogP contribution in [0.25, 0.3) is 0 Å². The standard InChI is InChI=1S/C13H17N3O4/c1-9-3-6-16(10(7-9)12(18)19)11(17)8-15-5-2-4-14-13(15)20/h2,4-5,9-10H,3,6-8H2,1H3,(H,18,19). The van der Waals surface area contributed by atoms with Gasteiger partial charge in [0.1, 0.15) is 12.6 Å². The van der Waals surface area contributed by atoms with E-state index in [4.69, 9.17) is 0 Å². The highest BCUT2D eigenvalue weighted by Gasteiger charge is 2.34. The van der Waals surface area contributed by atoms with Gasteiger partial charge < -0.3 is 10.0 Å². The summed E-state index contributed by atoms with van der Waals surface area (Å²) in [6, 6.07) is 0.750. The van der Waals surface area contributed by atoms with Gasteiger partial charge in [-0.05, 0) is 24.8 Å². The Bertz CT molecular complexity index is 569. The van der Waals surface area contributed by atoms with Gasteiger partial charge in [0.25, 0.3) is 0 Å². The number of nitrogens with zero attached hydrogens (tertiary/aromatic N) is 3. The predicted molar refractivity (Wildman–Crippen MR) is 70.0 cm³/mol. The maximum atomic E-state index is 12.2. The van der Waals surface area contributed by atoms with Crippen LogP contribution in [0, 0.1) is 5.92 Å². The number of rotatable bonds is 3. The van der Waals surface area contributed by atoms with Crippen molar-refractivity contribution in [3.8, 4) is 0 Å². The minimum atomic E-state index is -0.997. The van der Waals surface area contributed by atoms with Gasteiger partial charge in [0.15, 0.2) is 0 Å². The van der Waals surface area contributed by atoms with E-state index in [1.54, 1.807) is 6.07 Å². The van der Waals surface area contributed by atoms with E-state index in [-0.39, 0.29) is 18.4 Å². The van der Waals surface area contributed by atoms with Crippen LogP contribution in [-0.4, -0.2) is 44.0 Å². The molecule has 1 saturated heterocycles. The van der Waals surface area contributed by atoms with Crippen LogP contribution in [-0.2, 0) is 16.1 Å². The quantitative estimate of drug-likeness (QED) is 0.837. The summed E-state index contributed by atoms with van der Waals surface area (Å²) < 4.78 is 1.18. The number of likely N-dealkylation sites (tertiary alicyclic amines) is 1. The third kappa shape index (κ3) is 3.04. The number of amides is 1. The van der Waals surface area contributed by atoms with E-state index in [9.17, 15) is 19.5 Å². The minimum absolute atomic E-state index is 0.176. The van der Waals surface area contributed by atoms with Crippen molar-refractivity contribution in [1.82, 2.24) is 14.5 Å². The van der Waals surface area contributed by atoms with Gasteiger partial charge in [-0.3, -0.25) is 9.36 Å². The Balaban J connectivity index is 2.13. The predicted octanol–water partition coefficient (Wildman–Crippen LogP) is -0.0450. The average Bonchev–Trinajstić information content (AvgIpc) is 2.41. The summed E-state index contributed by atoms with van der Waals surface area (Å²) in [6.07, 6.45) is 4.04. The summed E-state index contributed by atoms with van der Waals surface area (Å²) in [5, 5.41) is 9.22. The number of aliphatic carboxylic acids is 1. The van der Waals surface area contributed by atoms with Crippen LogP contribution in [0.5, 0.6) is 0 Å². The molecule has 2 unspecified atom stereocenters. The molecular weight excluding hydrogens is 262 g/mol. The lowest BCUT2D eigenvalue weighted by Crippen LogP contribution is -2.51. The van der Waals surface area contributed by atoms with Crippen molar-refractivity contribution in [2.45, 2.75) is 32.4 Å². The number of hydrogen-bond acceptors (Lipinski definition) is 4. The van der Waals surface area contributed by atoms with Gasteiger partial charge in [-0.15, -0.1) is 0 Å². The third-order valence-corrected chi connectivity index (χ3v) is 3.56. The van der Waals surface area contributed by atoms with Crippen molar-refractivity contribution in [2.75, 3.05) is 6.54 Å². The molecule has 20 heavy (non-hydrogen) atoms. The summed E-state index contributed by atoms with van der Waals surface area (Å²) in [5.41, 5.74) is -0.516. The van der Waals surface area contributed by atoms with Gasteiger partial charge in [-0.2, -0.15) is 0 Å². The fraction of sp³-hybridized carbons (Fsp3) is 0.538. The minimum Gasteiger partial charge on any atom is -0.480 e. The van der Waals surface area contributed by atoms with E-state index in [0.717, 1.165) is 6.42 Å². The van der Waals surface area contributed by atoms with E-state index < -0.39 is 17.7 Å². The summed E-state index contributed by atoms with van der Waals surface area (Å²) in [4.78, 5) is 39.9. The number of aromatic nitrogens is 2. The molecule has 7 nitrogen and oxygen atoms in total. The number of carbonyl (C=O) groups excluding carboxylic acids is 1. The zero-order valence-corrected chi connectivity index (χ0v) is 11.2. The number of carbonyl (C=O) groups is 2. The van der Waals surface area contributed by atoms with Crippen molar-refractivity contribution in [3.63, 3.8) is 0 Å². The van der Waals surface area contributed by atoms with Crippen molar-refractivity contribution in [2.24, 2.45) is 5.92 Å². The molecule has 108 valence electrons. The van der Waals surface area contributed by atoms with Crippen LogP contribution >= 0.6 is 0 Å². The van der Waals surface area contributed by atoms with Crippen LogP contribution in [0.3, 0.4) is 0 Å². The lowest BCUT2D eigenvalue weighted by atomic mass is 9.92. The Hall–Kier alpha value is -2.18. The Morgan fingerprint density at radius 2 is 2.25 bits per heavy atom. The van der Waals surface area contributed by atoms with Crippen molar-refractivity contribution in [1.29, 1.82) is 0 Å². The highest BCUT2D eigenvalue weighted by atomic mass is 16.4. The molecule has 2 heterocycles. The smallest absolute Gasteiger partial charge is 0.347 e. The molecule has 1 aliphatic heterocycles. The van der Waals surface area contributed by atoms with Crippen LogP contribution in [0.2, 0.25) is 0 Å². The molecule has 0 aliphatic carbocycles. The molecule has 0 spiro atoms. The maximum Gasteiger partial charge on any atom is 0.347 e. The lowest BCUT2D eigenvalue weighted by molar-refractivity contribution is -0.153. The third-order valence-electron chi connectivity index (χ3n) is 3.56. The number of carboxylic acid groups (broad SMARTS) is 1. The number of hydrogen-bond donors (Lipinski definition) is 1. The average molecular weight is 279 g/mol. The highest BCUT2D eigenvalue weighted by Crippen LogP contribution is 2.22. The Kier molecular flexibility index (Phi) is 4.16. The summed E-state index contributed by atoms with van der Waals surface area (Å²) in [7, 11) is 0.